The van der Waals surface area contributed by atoms with E-state index in [1.807, 2.05) is 0 Å². The quantitative estimate of drug-likeness (QED) is 0.611. The molecule has 0 bridgehead atoms. The van der Waals surface area contributed by atoms with E-state index < -0.39 is 0 Å². The van der Waals surface area contributed by atoms with Crippen LogP contribution in [0.5, 0.6) is 0 Å². The van der Waals surface area contributed by atoms with Crippen molar-refractivity contribution in [3.8, 4) is 0 Å². The second-order valence-electron chi connectivity index (χ2n) is 6.48. The SMILES string of the molecule is CCNC(=NCCC1CCCO1)N1CCN(c2nc(CC)ns2)CC1. The van der Waals surface area contributed by atoms with Crippen molar-refractivity contribution in [3.05, 3.63) is 5.82 Å². The Morgan fingerprint density at radius 2 is 2.16 bits per heavy atom. The van der Waals surface area contributed by atoms with Crippen LogP contribution < -0.4 is 10.2 Å². The van der Waals surface area contributed by atoms with E-state index in [1.54, 1.807) is 0 Å². The molecule has 0 spiro atoms. The largest absolute Gasteiger partial charge is 0.378 e. The van der Waals surface area contributed by atoms with E-state index in [4.69, 9.17) is 9.73 Å². The summed E-state index contributed by atoms with van der Waals surface area (Å²) in [5, 5.41) is 4.49. The number of hydrogen-bond donors (Lipinski definition) is 1. The van der Waals surface area contributed by atoms with Gasteiger partial charge in [0.2, 0.25) is 5.13 Å². The summed E-state index contributed by atoms with van der Waals surface area (Å²) < 4.78 is 10.1. The highest BCUT2D eigenvalue weighted by atomic mass is 32.1. The summed E-state index contributed by atoms with van der Waals surface area (Å²) in [6.45, 7) is 10.7. The summed E-state index contributed by atoms with van der Waals surface area (Å²) in [5.74, 6) is 1.98. The van der Waals surface area contributed by atoms with E-state index in [0.29, 0.717) is 6.10 Å². The molecule has 0 amide bonds. The molecule has 140 valence electrons. The molecule has 1 atom stereocenters. The topological polar surface area (TPSA) is 65.9 Å². The number of ether oxygens (including phenoxy) is 1. The molecule has 1 aromatic rings. The average molecular weight is 367 g/mol. The smallest absolute Gasteiger partial charge is 0.205 e. The highest BCUT2D eigenvalue weighted by Gasteiger charge is 2.22. The van der Waals surface area contributed by atoms with E-state index in [1.165, 1.54) is 24.4 Å². The van der Waals surface area contributed by atoms with Gasteiger partial charge < -0.3 is 19.9 Å². The Morgan fingerprint density at radius 3 is 2.80 bits per heavy atom. The van der Waals surface area contributed by atoms with Crippen LogP contribution in [0, 0.1) is 0 Å². The van der Waals surface area contributed by atoms with Crippen LogP contribution in [0.15, 0.2) is 4.99 Å². The van der Waals surface area contributed by atoms with Crippen LogP contribution in [0.2, 0.25) is 0 Å². The number of aromatic nitrogens is 2. The third kappa shape index (κ3) is 5.04. The second kappa shape index (κ2) is 9.33. The minimum absolute atomic E-state index is 0.411. The molecular formula is C17H30N6OS. The van der Waals surface area contributed by atoms with Gasteiger partial charge >= 0.3 is 0 Å². The normalized spacial score (nSPS) is 21.8. The van der Waals surface area contributed by atoms with Gasteiger partial charge in [-0.2, -0.15) is 4.37 Å². The van der Waals surface area contributed by atoms with Gasteiger partial charge in [0.15, 0.2) is 5.96 Å². The molecule has 8 heteroatoms. The molecule has 7 nitrogen and oxygen atoms in total. The van der Waals surface area contributed by atoms with Gasteiger partial charge in [-0.25, -0.2) is 4.98 Å². The highest BCUT2D eigenvalue weighted by molar-refractivity contribution is 7.09. The maximum Gasteiger partial charge on any atom is 0.205 e. The van der Waals surface area contributed by atoms with E-state index in [2.05, 4.69) is 38.3 Å². The molecular weight excluding hydrogens is 336 g/mol. The van der Waals surface area contributed by atoms with Crippen molar-refractivity contribution < 1.29 is 4.74 Å². The first-order valence-electron chi connectivity index (χ1n) is 9.52. The highest BCUT2D eigenvalue weighted by Crippen LogP contribution is 2.19. The van der Waals surface area contributed by atoms with Gasteiger partial charge in [-0.05, 0) is 26.2 Å². The van der Waals surface area contributed by atoms with Crippen LogP contribution in [0.3, 0.4) is 0 Å². The lowest BCUT2D eigenvalue weighted by Gasteiger charge is -2.36. The van der Waals surface area contributed by atoms with Gasteiger partial charge in [-0.3, -0.25) is 4.99 Å². The van der Waals surface area contributed by atoms with Gasteiger partial charge in [0.05, 0.1) is 6.10 Å². The van der Waals surface area contributed by atoms with Crippen LogP contribution in [0.1, 0.15) is 38.9 Å². The molecule has 2 aliphatic rings. The molecule has 0 saturated carbocycles. The van der Waals surface area contributed by atoms with E-state index in [-0.39, 0.29) is 0 Å². The van der Waals surface area contributed by atoms with Gasteiger partial charge in [0.25, 0.3) is 0 Å². The molecule has 2 fully saturated rings. The van der Waals surface area contributed by atoms with Crippen LogP contribution in [0.25, 0.3) is 0 Å². The molecule has 1 aromatic heterocycles. The lowest BCUT2D eigenvalue weighted by Crippen LogP contribution is -2.52. The fraction of sp³-hybridized carbons (Fsp3) is 0.824. The van der Waals surface area contributed by atoms with Crippen molar-refractivity contribution in [2.45, 2.75) is 45.6 Å². The lowest BCUT2D eigenvalue weighted by molar-refractivity contribution is 0.106. The first-order valence-corrected chi connectivity index (χ1v) is 10.3. The molecule has 2 aliphatic heterocycles. The van der Waals surface area contributed by atoms with Crippen molar-refractivity contribution >= 4 is 22.6 Å². The Balaban J connectivity index is 1.50. The number of rotatable bonds is 6. The van der Waals surface area contributed by atoms with Crippen molar-refractivity contribution in [1.82, 2.24) is 19.6 Å². The van der Waals surface area contributed by atoms with Crippen molar-refractivity contribution in [3.63, 3.8) is 0 Å². The predicted octanol–water partition coefficient (Wildman–Crippen LogP) is 1.76. The second-order valence-corrected chi connectivity index (χ2v) is 7.21. The van der Waals surface area contributed by atoms with Crippen molar-refractivity contribution in [2.75, 3.05) is 50.8 Å². The number of piperazine rings is 1. The number of guanidine groups is 1. The first-order chi connectivity index (χ1) is 12.3. The zero-order valence-electron chi connectivity index (χ0n) is 15.4. The minimum atomic E-state index is 0.411. The minimum Gasteiger partial charge on any atom is -0.378 e. The Labute approximate surface area is 154 Å². The Morgan fingerprint density at radius 1 is 1.32 bits per heavy atom. The van der Waals surface area contributed by atoms with Crippen molar-refractivity contribution in [1.29, 1.82) is 0 Å². The van der Waals surface area contributed by atoms with Gasteiger partial charge in [-0.15, -0.1) is 0 Å². The molecule has 0 aromatic carbocycles. The summed E-state index contributed by atoms with van der Waals surface area (Å²) in [6, 6.07) is 0. The zero-order chi connectivity index (χ0) is 17.5. The Kier molecular flexibility index (Phi) is 6.86. The maximum absolute atomic E-state index is 5.69. The van der Waals surface area contributed by atoms with Crippen LogP contribution in [-0.4, -0.2) is 72.2 Å². The summed E-state index contributed by atoms with van der Waals surface area (Å²) in [6.07, 6.45) is 4.72. The first kappa shape index (κ1) is 18.4. The third-order valence-corrected chi connectivity index (χ3v) is 5.51. The van der Waals surface area contributed by atoms with Gasteiger partial charge in [-0.1, -0.05) is 6.92 Å². The number of nitrogens with zero attached hydrogens (tertiary/aromatic N) is 5. The van der Waals surface area contributed by atoms with Crippen LogP contribution in [0.4, 0.5) is 5.13 Å². The predicted molar refractivity (Wildman–Crippen MR) is 103 cm³/mol. The molecule has 0 aliphatic carbocycles. The fourth-order valence-electron chi connectivity index (χ4n) is 3.24. The Hall–Kier alpha value is -1.41. The number of anilines is 1. The number of aryl methyl sites for hydroxylation is 1. The molecule has 1 unspecified atom stereocenters. The van der Waals surface area contributed by atoms with Crippen LogP contribution in [-0.2, 0) is 11.2 Å². The molecule has 3 heterocycles. The lowest BCUT2D eigenvalue weighted by atomic mass is 10.2. The van der Waals surface area contributed by atoms with Gasteiger partial charge in [0, 0.05) is 63.8 Å². The van der Waals surface area contributed by atoms with E-state index in [9.17, 15) is 0 Å². The molecule has 0 radical (unpaired) electrons. The fourth-order valence-corrected chi connectivity index (χ4v) is 4.04. The molecule has 2 saturated heterocycles. The molecule has 1 N–H and O–H groups in total. The molecule has 25 heavy (non-hydrogen) atoms. The number of hydrogen-bond acceptors (Lipinski definition) is 6. The third-order valence-electron chi connectivity index (χ3n) is 4.69. The monoisotopic (exact) mass is 366 g/mol. The average Bonchev–Trinajstić information content (AvgIpc) is 3.33. The number of aliphatic imine (C=N–C) groups is 1. The summed E-state index contributed by atoms with van der Waals surface area (Å²) >= 11 is 1.52. The van der Waals surface area contributed by atoms with E-state index >= 15 is 0 Å². The van der Waals surface area contributed by atoms with Gasteiger partial charge in [0.1, 0.15) is 5.82 Å². The summed E-state index contributed by atoms with van der Waals surface area (Å²) in [4.78, 5) is 14.1. The summed E-state index contributed by atoms with van der Waals surface area (Å²) in [7, 11) is 0. The van der Waals surface area contributed by atoms with E-state index in [0.717, 1.165) is 75.6 Å². The standard InChI is InChI=1S/C17H30N6OS/c1-3-15-20-17(25-21-15)23-11-9-22(10-12-23)16(18-4-2)19-8-7-14-6-5-13-24-14/h14H,3-13H2,1-2H3,(H,18,19). The van der Waals surface area contributed by atoms with Crippen molar-refractivity contribution in [2.24, 2.45) is 4.99 Å². The van der Waals surface area contributed by atoms with Crippen LogP contribution >= 0.6 is 11.5 Å². The Bertz CT molecular complexity index is 549. The number of nitrogens with one attached hydrogen (secondary N) is 1. The zero-order valence-corrected chi connectivity index (χ0v) is 16.2. The maximum atomic E-state index is 5.69. The summed E-state index contributed by atoms with van der Waals surface area (Å²) in [5.41, 5.74) is 0. The molecule has 3 rings (SSSR count).